The third-order valence-corrected chi connectivity index (χ3v) is 3.60. The highest BCUT2D eigenvalue weighted by Gasteiger charge is 2.20. The lowest BCUT2D eigenvalue weighted by molar-refractivity contribution is 0.141. The van der Waals surface area contributed by atoms with E-state index in [-0.39, 0.29) is 0 Å². The van der Waals surface area contributed by atoms with Crippen molar-refractivity contribution in [2.24, 2.45) is 5.90 Å². The number of hydrogen-bond acceptors (Lipinski definition) is 3. The van der Waals surface area contributed by atoms with E-state index >= 15 is 0 Å². The Morgan fingerprint density at radius 1 is 1.29 bits per heavy atom. The van der Waals surface area contributed by atoms with Crippen LogP contribution in [0.5, 0.6) is 5.75 Å². The third kappa shape index (κ3) is 2.99. The van der Waals surface area contributed by atoms with Crippen molar-refractivity contribution >= 4 is 0 Å². The maximum atomic E-state index is 5.46. The molecule has 2 N–H and O–H groups in total. The van der Waals surface area contributed by atoms with Crippen LogP contribution in [0, 0.1) is 0 Å². The molecule has 0 aromatic heterocycles. The smallest absolute Gasteiger partial charge is 0.122 e. The number of nitrogens with two attached hydrogens (primary N) is 1. The molecule has 0 atom stereocenters. The van der Waals surface area contributed by atoms with E-state index in [1.54, 1.807) is 7.11 Å². The van der Waals surface area contributed by atoms with Gasteiger partial charge in [0.15, 0.2) is 0 Å². The molecule has 3 nitrogen and oxygen atoms in total. The van der Waals surface area contributed by atoms with Gasteiger partial charge in [0, 0.05) is 0 Å². The topological polar surface area (TPSA) is 44.5 Å². The minimum Gasteiger partial charge on any atom is -0.496 e. The summed E-state index contributed by atoms with van der Waals surface area (Å²) in [6, 6.07) is 6.42. The van der Waals surface area contributed by atoms with Crippen molar-refractivity contribution in [1.82, 2.24) is 0 Å². The summed E-state index contributed by atoms with van der Waals surface area (Å²) in [5, 5.41) is 0. The van der Waals surface area contributed by atoms with Gasteiger partial charge in [0.2, 0.25) is 0 Å². The molecule has 17 heavy (non-hydrogen) atoms. The molecule has 0 heterocycles. The van der Waals surface area contributed by atoms with Crippen LogP contribution < -0.4 is 10.6 Å². The molecule has 0 radical (unpaired) electrons. The van der Waals surface area contributed by atoms with Crippen LogP contribution in [0.3, 0.4) is 0 Å². The molecule has 1 saturated carbocycles. The van der Waals surface area contributed by atoms with Crippen LogP contribution in [-0.2, 0) is 11.3 Å². The molecule has 3 heteroatoms. The predicted molar refractivity (Wildman–Crippen MR) is 68.0 cm³/mol. The van der Waals surface area contributed by atoms with Crippen LogP contribution >= 0.6 is 0 Å². The largest absolute Gasteiger partial charge is 0.496 e. The molecule has 94 valence electrons. The lowest BCUT2D eigenvalue weighted by atomic mass is 9.94. The van der Waals surface area contributed by atoms with Gasteiger partial charge >= 0.3 is 0 Å². The highest BCUT2D eigenvalue weighted by atomic mass is 16.6. The Morgan fingerprint density at radius 2 is 2.06 bits per heavy atom. The van der Waals surface area contributed by atoms with Crippen LogP contribution in [0.25, 0.3) is 0 Å². The first-order valence-corrected chi connectivity index (χ1v) is 6.33. The average Bonchev–Trinajstić information content (AvgIpc) is 2.89. The fourth-order valence-electron chi connectivity index (χ4n) is 2.67. The lowest BCUT2D eigenvalue weighted by Crippen LogP contribution is -2.05. The van der Waals surface area contributed by atoms with E-state index in [1.165, 1.54) is 36.8 Å². The zero-order valence-electron chi connectivity index (χ0n) is 10.4. The first kappa shape index (κ1) is 12.4. The van der Waals surface area contributed by atoms with Gasteiger partial charge in [-0.15, -0.1) is 0 Å². The Balaban J connectivity index is 2.19. The molecule has 0 aliphatic heterocycles. The number of hydrogen-bond donors (Lipinski definition) is 1. The second-order valence-electron chi connectivity index (χ2n) is 4.68. The van der Waals surface area contributed by atoms with Gasteiger partial charge < -0.3 is 9.57 Å². The van der Waals surface area contributed by atoms with E-state index < -0.39 is 0 Å². The average molecular weight is 235 g/mol. The molecule has 0 amide bonds. The van der Waals surface area contributed by atoms with Gasteiger partial charge in [-0.05, 0) is 42.4 Å². The molecule has 1 fully saturated rings. The van der Waals surface area contributed by atoms with Crippen molar-refractivity contribution in [2.75, 3.05) is 13.7 Å². The summed E-state index contributed by atoms with van der Waals surface area (Å²) in [7, 11) is 1.75. The Kier molecular flexibility index (Phi) is 4.40. The maximum Gasteiger partial charge on any atom is 0.122 e. The van der Waals surface area contributed by atoms with Crippen molar-refractivity contribution in [3.8, 4) is 5.75 Å². The fourth-order valence-corrected chi connectivity index (χ4v) is 2.67. The third-order valence-electron chi connectivity index (χ3n) is 3.60. The van der Waals surface area contributed by atoms with Gasteiger partial charge in [-0.2, -0.15) is 0 Å². The molecule has 1 aromatic carbocycles. The SMILES string of the molecule is COc1ccc(CCON)cc1C1CCCC1. The summed E-state index contributed by atoms with van der Waals surface area (Å²) in [5.41, 5.74) is 2.64. The standard InChI is InChI=1S/C14H21NO2/c1-16-14-7-6-11(8-9-17-15)10-13(14)12-4-2-3-5-12/h6-7,10,12H,2-5,8-9,15H2,1H3. The Bertz CT molecular complexity index is 359. The number of rotatable bonds is 5. The van der Waals surface area contributed by atoms with Gasteiger partial charge in [-0.25, -0.2) is 5.90 Å². The minimum atomic E-state index is 0.566. The monoisotopic (exact) mass is 235 g/mol. The van der Waals surface area contributed by atoms with Crippen molar-refractivity contribution in [3.63, 3.8) is 0 Å². The van der Waals surface area contributed by atoms with E-state index in [2.05, 4.69) is 23.0 Å². The Morgan fingerprint density at radius 3 is 2.71 bits per heavy atom. The van der Waals surface area contributed by atoms with E-state index in [9.17, 15) is 0 Å². The number of benzene rings is 1. The maximum absolute atomic E-state index is 5.46. The van der Waals surface area contributed by atoms with Gasteiger partial charge in [0.05, 0.1) is 13.7 Å². The summed E-state index contributed by atoms with van der Waals surface area (Å²) in [6.07, 6.45) is 6.11. The molecular formula is C14H21NO2. The zero-order valence-corrected chi connectivity index (χ0v) is 10.4. The van der Waals surface area contributed by atoms with E-state index in [0.29, 0.717) is 12.5 Å². The van der Waals surface area contributed by atoms with Gasteiger partial charge in [-0.3, -0.25) is 0 Å². The molecule has 2 rings (SSSR count). The Labute approximate surface area is 103 Å². The van der Waals surface area contributed by atoms with Crippen molar-refractivity contribution < 1.29 is 9.57 Å². The lowest BCUT2D eigenvalue weighted by Gasteiger charge is -2.15. The van der Waals surface area contributed by atoms with E-state index in [4.69, 9.17) is 10.6 Å². The molecule has 1 aromatic rings. The highest BCUT2D eigenvalue weighted by molar-refractivity contribution is 5.40. The van der Waals surface area contributed by atoms with Gasteiger partial charge in [-0.1, -0.05) is 25.0 Å². The van der Waals surface area contributed by atoms with Crippen LogP contribution in [0.1, 0.15) is 42.7 Å². The van der Waals surface area contributed by atoms with E-state index in [1.807, 2.05) is 0 Å². The second-order valence-corrected chi connectivity index (χ2v) is 4.68. The second kappa shape index (κ2) is 6.03. The summed E-state index contributed by atoms with van der Waals surface area (Å²) >= 11 is 0. The van der Waals surface area contributed by atoms with Crippen molar-refractivity contribution in [2.45, 2.75) is 38.0 Å². The molecule has 0 saturated heterocycles. The first-order chi connectivity index (χ1) is 8.35. The number of methoxy groups -OCH3 is 1. The predicted octanol–water partition coefficient (Wildman–Crippen LogP) is 2.79. The van der Waals surface area contributed by atoms with Gasteiger partial charge in [0.25, 0.3) is 0 Å². The molecule has 1 aliphatic carbocycles. The van der Waals surface area contributed by atoms with Crippen LogP contribution in [-0.4, -0.2) is 13.7 Å². The zero-order chi connectivity index (χ0) is 12.1. The van der Waals surface area contributed by atoms with Crippen LogP contribution in [0.15, 0.2) is 18.2 Å². The molecule has 0 spiro atoms. The molecule has 0 bridgehead atoms. The fraction of sp³-hybridized carbons (Fsp3) is 0.571. The first-order valence-electron chi connectivity index (χ1n) is 6.33. The van der Waals surface area contributed by atoms with Gasteiger partial charge in [0.1, 0.15) is 5.75 Å². The summed E-state index contributed by atoms with van der Waals surface area (Å²) < 4.78 is 5.46. The number of ether oxygens (including phenoxy) is 1. The van der Waals surface area contributed by atoms with Crippen molar-refractivity contribution in [3.05, 3.63) is 29.3 Å². The molecule has 0 unspecified atom stereocenters. The molecular weight excluding hydrogens is 214 g/mol. The Hall–Kier alpha value is -1.06. The van der Waals surface area contributed by atoms with Crippen molar-refractivity contribution in [1.29, 1.82) is 0 Å². The summed E-state index contributed by atoms with van der Waals surface area (Å²) in [4.78, 5) is 4.64. The van der Waals surface area contributed by atoms with Crippen LogP contribution in [0.2, 0.25) is 0 Å². The van der Waals surface area contributed by atoms with E-state index in [0.717, 1.165) is 12.2 Å². The highest BCUT2D eigenvalue weighted by Crippen LogP contribution is 2.39. The van der Waals surface area contributed by atoms with Crippen LogP contribution in [0.4, 0.5) is 0 Å². The summed E-state index contributed by atoms with van der Waals surface area (Å²) in [6.45, 7) is 0.566. The molecule has 1 aliphatic rings. The normalized spacial score (nSPS) is 16.4. The quantitative estimate of drug-likeness (QED) is 0.798. The summed E-state index contributed by atoms with van der Waals surface area (Å²) in [5.74, 6) is 6.76. The minimum absolute atomic E-state index is 0.566.